The van der Waals surface area contributed by atoms with E-state index in [0.29, 0.717) is 57.0 Å². The number of carboxylic acid groups (broad SMARTS) is 1. The number of aromatic hydroxyl groups is 1. The molecule has 0 aromatic heterocycles. The van der Waals surface area contributed by atoms with Crippen LogP contribution in [0.1, 0.15) is 52.5 Å². The van der Waals surface area contributed by atoms with E-state index in [1.54, 1.807) is 23.1 Å². The molecular formula is C30H42N4O5. The van der Waals surface area contributed by atoms with E-state index in [9.17, 15) is 19.8 Å². The number of carbonyl (C=O) groups is 2. The van der Waals surface area contributed by atoms with Crippen LogP contribution < -0.4 is 15.0 Å². The van der Waals surface area contributed by atoms with Gasteiger partial charge in [-0.05, 0) is 30.0 Å². The fraction of sp³-hybridized carbons (Fsp3) is 0.533. The molecule has 3 N–H and O–H groups in total. The van der Waals surface area contributed by atoms with Crippen molar-refractivity contribution in [3.05, 3.63) is 54.1 Å². The number of anilines is 1. The summed E-state index contributed by atoms with van der Waals surface area (Å²) in [5.74, 6) is 0.611. The molecule has 2 aromatic rings. The van der Waals surface area contributed by atoms with E-state index in [2.05, 4.69) is 37.9 Å². The molecule has 9 nitrogen and oxygen atoms in total. The third-order valence-corrected chi connectivity index (χ3v) is 8.02. The molecule has 0 saturated carbocycles. The molecule has 2 saturated heterocycles. The number of nitrogens with zero attached hydrogens (tertiary/aromatic N) is 3. The molecule has 2 aliphatic rings. The number of rotatable bonds is 6. The van der Waals surface area contributed by atoms with Crippen molar-refractivity contribution in [2.45, 2.75) is 58.5 Å². The van der Waals surface area contributed by atoms with Gasteiger partial charge in [-0.2, -0.15) is 0 Å². The zero-order valence-electron chi connectivity index (χ0n) is 23.5. The first-order valence-corrected chi connectivity index (χ1v) is 13.9. The molecule has 2 heterocycles. The molecule has 0 bridgehead atoms. The van der Waals surface area contributed by atoms with Crippen LogP contribution in [0.25, 0.3) is 0 Å². The number of phenolic OH excluding ortho intramolecular Hbond substituents is 1. The largest absolute Gasteiger partial charge is 0.508 e. The minimum absolute atomic E-state index is 0.144. The van der Waals surface area contributed by atoms with Gasteiger partial charge in [0.1, 0.15) is 11.5 Å². The molecule has 2 aromatic carbocycles. The Morgan fingerprint density at radius 3 is 2.56 bits per heavy atom. The van der Waals surface area contributed by atoms with Crippen molar-refractivity contribution in [2.75, 3.05) is 44.2 Å². The Labute approximate surface area is 231 Å². The molecular weight excluding hydrogens is 496 g/mol. The number of piperazine rings is 2. The topological polar surface area (TPSA) is 106 Å². The minimum atomic E-state index is -0.968. The lowest BCUT2D eigenvalue weighted by Crippen LogP contribution is -2.61. The zero-order chi connectivity index (χ0) is 28.2. The number of phenols is 1. The van der Waals surface area contributed by atoms with Crippen molar-refractivity contribution in [1.29, 1.82) is 0 Å². The summed E-state index contributed by atoms with van der Waals surface area (Å²) in [6, 6.07) is 14.4. The molecule has 9 heteroatoms. The summed E-state index contributed by atoms with van der Waals surface area (Å²) in [4.78, 5) is 31.7. The first kappa shape index (κ1) is 28.5. The third-order valence-electron chi connectivity index (χ3n) is 8.02. The maximum absolute atomic E-state index is 13.8. The highest BCUT2D eigenvalue weighted by molar-refractivity contribution is 5.73. The second-order valence-electron chi connectivity index (χ2n) is 11.7. The molecule has 0 aliphatic carbocycles. The van der Waals surface area contributed by atoms with Gasteiger partial charge in [0.25, 0.3) is 0 Å². The molecule has 0 radical (unpaired) electrons. The SMILES string of the molecule is CCCCC1(c2ccccc2OC(=O)N2CCN(c3cccc(O)c3)CC2C(C)(C)C)CNCCN1C(=O)O. The first-order chi connectivity index (χ1) is 18.6. The van der Waals surface area contributed by atoms with Crippen LogP contribution in [-0.2, 0) is 5.54 Å². The zero-order valence-corrected chi connectivity index (χ0v) is 23.5. The number of nitrogens with one attached hydrogen (secondary N) is 1. The van der Waals surface area contributed by atoms with Crippen LogP contribution in [0.15, 0.2) is 48.5 Å². The highest BCUT2D eigenvalue weighted by atomic mass is 16.6. The van der Waals surface area contributed by atoms with Gasteiger partial charge in [0.15, 0.2) is 0 Å². The summed E-state index contributed by atoms with van der Waals surface area (Å²) in [6.45, 7) is 11.5. The number of benzene rings is 2. The van der Waals surface area contributed by atoms with Crippen LogP contribution in [0, 0.1) is 5.41 Å². The van der Waals surface area contributed by atoms with Gasteiger partial charge in [0.2, 0.25) is 0 Å². The molecule has 4 rings (SSSR count). The van der Waals surface area contributed by atoms with Crippen molar-refractivity contribution in [3.63, 3.8) is 0 Å². The van der Waals surface area contributed by atoms with Gasteiger partial charge in [-0.1, -0.05) is 64.8 Å². The van der Waals surface area contributed by atoms with Gasteiger partial charge in [0.05, 0.1) is 11.6 Å². The predicted octanol–water partition coefficient (Wildman–Crippen LogP) is 5.10. The van der Waals surface area contributed by atoms with E-state index in [0.717, 1.165) is 18.5 Å². The van der Waals surface area contributed by atoms with Crippen molar-refractivity contribution in [1.82, 2.24) is 15.1 Å². The monoisotopic (exact) mass is 538 g/mol. The van der Waals surface area contributed by atoms with E-state index in [1.807, 2.05) is 30.3 Å². The van der Waals surface area contributed by atoms with Gasteiger partial charge in [-0.3, -0.25) is 4.90 Å². The Bertz CT molecular complexity index is 1170. The highest BCUT2D eigenvalue weighted by Gasteiger charge is 2.45. The third kappa shape index (κ3) is 6.08. The van der Waals surface area contributed by atoms with E-state index in [1.165, 1.54) is 4.90 Å². The van der Waals surface area contributed by atoms with Gasteiger partial charge in [0, 0.05) is 56.6 Å². The Balaban J connectivity index is 1.63. The van der Waals surface area contributed by atoms with E-state index in [4.69, 9.17) is 4.74 Å². The van der Waals surface area contributed by atoms with Crippen molar-refractivity contribution in [2.24, 2.45) is 5.41 Å². The smallest absolute Gasteiger partial charge is 0.415 e. The normalized spacial score (nSPS) is 22.1. The Hall–Kier alpha value is -3.46. The minimum Gasteiger partial charge on any atom is -0.508 e. The molecule has 2 unspecified atom stereocenters. The summed E-state index contributed by atoms with van der Waals surface area (Å²) in [5.41, 5.74) is 0.573. The molecule has 39 heavy (non-hydrogen) atoms. The van der Waals surface area contributed by atoms with Gasteiger partial charge in [-0.15, -0.1) is 0 Å². The van der Waals surface area contributed by atoms with Gasteiger partial charge in [-0.25, -0.2) is 9.59 Å². The second kappa shape index (κ2) is 11.7. The average Bonchev–Trinajstić information content (AvgIpc) is 2.91. The number of amides is 2. The van der Waals surface area contributed by atoms with E-state index < -0.39 is 17.7 Å². The lowest BCUT2D eigenvalue weighted by molar-refractivity contribution is 0.0445. The lowest BCUT2D eigenvalue weighted by Gasteiger charge is -2.48. The van der Waals surface area contributed by atoms with Crippen LogP contribution in [0.2, 0.25) is 0 Å². The van der Waals surface area contributed by atoms with Gasteiger partial charge >= 0.3 is 12.2 Å². The van der Waals surface area contributed by atoms with E-state index in [-0.39, 0.29) is 17.2 Å². The summed E-state index contributed by atoms with van der Waals surface area (Å²) < 4.78 is 6.14. The molecule has 0 spiro atoms. The number of unbranched alkanes of at least 4 members (excludes halogenated alkanes) is 1. The molecule has 2 atom stereocenters. The standard InChI is InChI=1S/C30H42N4O5/c1-5-6-14-30(21-31-15-16-34(30)27(36)37)24-12-7-8-13-25(24)39-28(38)33-18-17-32(20-26(33)29(2,3)4)22-10-9-11-23(35)19-22/h7-13,19,26,31,35H,5-6,14-18,20-21H2,1-4H3,(H,36,37). The highest BCUT2D eigenvalue weighted by Crippen LogP contribution is 2.41. The summed E-state index contributed by atoms with van der Waals surface area (Å²) in [5, 5.41) is 23.5. The quantitative estimate of drug-likeness (QED) is 0.470. The molecule has 2 fully saturated rings. The molecule has 212 valence electrons. The van der Waals surface area contributed by atoms with E-state index >= 15 is 0 Å². The van der Waals surface area contributed by atoms with Crippen LogP contribution >= 0.6 is 0 Å². The summed E-state index contributed by atoms with van der Waals surface area (Å²) in [7, 11) is 0. The van der Waals surface area contributed by atoms with Crippen LogP contribution in [0.5, 0.6) is 11.5 Å². The summed E-state index contributed by atoms with van der Waals surface area (Å²) >= 11 is 0. The van der Waals surface area contributed by atoms with Crippen molar-refractivity contribution in [3.8, 4) is 11.5 Å². The van der Waals surface area contributed by atoms with Crippen LogP contribution in [0.4, 0.5) is 15.3 Å². The van der Waals surface area contributed by atoms with Gasteiger partial charge < -0.3 is 30.1 Å². The predicted molar refractivity (Wildman–Crippen MR) is 152 cm³/mol. The molecule has 2 amide bonds. The first-order valence-electron chi connectivity index (χ1n) is 13.9. The van der Waals surface area contributed by atoms with Crippen LogP contribution in [-0.4, -0.2) is 77.5 Å². The van der Waals surface area contributed by atoms with Crippen LogP contribution in [0.3, 0.4) is 0 Å². The fourth-order valence-corrected chi connectivity index (χ4v) is 5.90. The number of hydrogen-bond donors (Lipinski definition) is 3. The number of ether oxygens (including phenoxy) is 1. The number of carbonyl (C=O) groups excluding carboxylic acids is 1. The maximum atomic E-state index is 13.8. The average molecular weight is 539 g/mol. The second-order valence-corrected chi connectivity index (χ2v) is 11.7. The number of hydrogen-bond acceptors (Lipinski definition) is 6. The Kier molecular flexibility index (Phi) is 8.59. The fourth-order valence-electron chi connectivity index (χ4n) is 5.90. The Morgan fingerprint density at radius 2 is 1.87 bits per heavy atom. The van der Waals surface area contributed by atoms with Crippen molar-refractivity contribution >= 4 is 17.9 Å². The lowest BCUT2D eigenvalue weighted by atomic mass is 9.81. The summed E-state index contributed by atoms with van der Waals surface area (Å²) in [6.07, 6.45) is 0.994. The number of para-hydroxylation sites is 1. The Morgan fingerprint density at radius 1 is 1.10 bits per heavy atom. The maximum Gasteiger partial charge on any atom is 0.415 e. The molecule has 2 aliphatic heterocycles. The van der Waals surface area contributed by atoms with Crippen molar-refractivity contribution < 1.29 is 24.5 Å².